The zero-order valence-corrected chi connectivity index (χ0v) is 10.5. The van der Waals surface area contributed by atoms with Gasteiger partial charge in [-0.05, 0) is 24.6 Å². The van der Waals surface area contributed by atoms with E-state index in [0.29, 0.717) is 6.54 Å². The number of anilines is 1. The third-order valence-corrected chi connectivity index (χ3v) is 2.56. The van der Waals surface area contributed by atoms with Gasteiger partial charge in [0.05, 0.1) is 19.6 Å². The van der Waals surface area contributed by atoms with E-state index in [1.165, 1.54) is 7.11 Å². The number of methoxy groups -OCH3 is 1. The molecule has 0 aliphatic rings. The van der Waals surface area contributed by atoms with Gasteiger partial charge in [-0.15, -0.1) is 0 Å². The van der Waals surface area contributed by atoms with Crippen molar-refractivity contribution in [1.29, 1.82) is 0 Å². The molecule has 0 heterocycles. The zero-order valence-electron chi connectivity index (χ0n) is 10.5. The highest BCUT2D eigenvalue weighted by Gasteiger charge is 2.13. The van der Waals surface area contributed by atoms with Gasteiger partial charge in [-0.1, -0.05) is 12.1 Å². The largest absolute Gasteiger partial charge is 0.469 e. The van der Waals surface area contributed by atoms with E-state index in [2.05, 4.69) is 4.74 Å². The van der Waals surface area contributed by atoms with Gasteiger partial charge in [0.2, 0.25) is 0 Å². The number of carbonyl (C=O) groups is 1. The molecule has 1 aromatic carbocycles. The lowest BCUT2D eigenvalue weighted by Gasteiger charge is -2.22. The molecule has 0 saturated carbocycles. The number of nitrogens with zero attached hydrogens (tertiary/aromatic N) is 1. The minimum atomic E-state index is -0.715. The quantitative estimate of drug-likeness (QED) is 0.785. The van der Waals surface area contributed by atoms with E-state index in [9.17, 15) is 9.90 Å². The minimum absolute atomic E-state index is 0.0205. The Kier molecular flexibility index (Phi) is 4.97. The molecule has 0 fully saturated rings. The Morgan fingerprint density at radius 2 is 2.24 bits per heavy atom. The lowest BCUT2D eigenvalue weighted by atomic mass is 10.2. The van der Waals surface area contributed by atoms with E-state index < -0.39 is 12.1 Å². The summed E-state index contributed by atoms with van der Waals surface area (Å²) >= 11 is 0. The van der Waals surface area contributed by atoms with E-state index in [4.69, 9.17) is 0 Å². The Morgan fingerprint density at radius 3 is 2.82 bits per heavy atom. The fourth-order valence-electron chi connectivity index (χ4n) is 1.63. The molecule has 0 spiro atoms. The molecule has 1 atom stereocenters. The number of benzene rings is 1. The van der Waals surface area contributed by atoms with Crippen molar-refractivity contribution in [3.8, 4) is 0 Å². The standard InChI is InChI=1S/C13H19NO3/c1-10-5-4-6-11(7-10)14(2)9-12(15)8-13(16)17-3/h4-7,12,15H,8-9H2,1-3H3. The number of carbonyl (C=O) groups excluding carboxylic acids is 1. The van der Waals surface area contributed by atoms with Crippen LogP contribution in [0.2, 0.25) is 0 Å². The van der Waals surface area contributed by atoms with Gasteiger partial charge in [0.15, 0.2) is 0 Å². The van der Waals surface area contributed by atoms with Gasteiger partial charge in [-0.2, -0.15) is 0 Å². The van der Waals surface area contributed by atoms with Gasteiger partial charge in [-0.3, -0.25) is 4.79 Å². The Hall–Kier alpha value is -1.55. The van der Waals surface area contributed by atoms with Gasteiger partial charge in [-0.25, -0.2) is 0 Å². The zero-order chi connectivity index (χ0) is 12.8. The van der Waals surface area contributed by atoms with E-state index in [0.717, 1.165) is 11.3 Å². The lowest BCUT2D eigenvalue weighted by molar-refractivity contribution is -0.142. The summed E-state index contributed by atoms with van der Waals surface area (Å²) in [7, 11) is 3.20. The topological polar surface area (TPSA) is 49.8 Å². The molecule has 1 rings (SSSR count). The Bertz CT molecular complexity index is 379. The van der Waals surface area contributed by atoms with Crippen LogP contribution in [0.25, 0.3) is 0 Å². The second kappa shape index (κ2) is 6.25. The Morgan fingerprint density at radius 1 is 1.53 bits per heavy atom. The summed E-state index contributed by atoms with van der Waals surface area (Å²) in [4.78, 5) is 12.9. The first kappa shape index (κ1) is 13.5. The maximum atomic E-state index is 11.0. The van der Waals surface area contributed by atoms with Crippen LogP contribution in [0.1, 0.15) is 12.0 Å². The number of aliphatic hydroxyl groups excluding tert-OH is 1. The van der Waals surface area contributed by atoms with Crippen LogP contribution in [0.15, 0.2) is 24.3 Å². The molecular weight excluding hydrogens is 218 g/mol. The summed E-state index contributed by atoms with van der Waals surface area (Å²) in [5, 5.41) is 9.71. The monoisotopic (exact) mass is 237 g/mol. The molecule has 0 aromatic heterocycles. The van der Waals surface area contributed by atoms with Crippen molar-refractivity contribution < 1.29 is 14.6 Å². The molecule has 0 radical (unpaired) electrons. The number of aliphatic hydroxyl groups is 1. The third kappa shape index (κ3) is 4.44. The van der Waals surface area contributed by atoms with Gasteiger partial charge in [0, 0.05) is 19.3 Å². The molecule has 0 bridgehead atoms. The molecule has 17 heavy (non-hydrogen) atoms. The van der Waals surface area contributed by atoms with E-state index >= 15 is 0 Å². The van der Waals surface area contributed by atoms with Crippen molar-refractivity contribution in [3.63, 3.8) is 0 Å². The number of hydrogen-bond donors (Lipinski definition) is 1. The highest BCUT2D eigenvalue weighted by Crippen LogP contribution is 2.14. The van der Waals surface area contributed by atoms with E-state index in [1.54, 1.807) is 0 Å². The van der Waals surface area contributed by atoms with Crippen LogP contribution in [0.4, 0.5) is 5.69 Å². The second-order valence-corrected chi connectivity index (χ2v) is 4.15. The van der Waals surface area contributed by atoms with Crippen molar-refractivity contribution in [3.05, 3.63) is 29.8 Å². The van der Waals surface area contributed by atoms with Crippen molar-refractivity contribution in [1.82, 2.24) is 0 Å². The Balaban J connectivity index is 2.54. The average Bonchev–Trinajstić information content (AvgIpc) is 2.28. The van der Waals surface area contributed by atoms with Gasteiger partial charge in [0.1, 0.15) is 0 Å². The summed E-state index contributed by atoms with van der Waals surface area (Å²) in [5.74, 6) is -0.393. The molecule has 0 amide bonds. The van der Waals surface area contributed by atoms with Crippen molar-refractivity contribution in [2.45, 2.75) is 19.4 Å². The third-order valence-electron chi connectivity index (χ3n) is 2.56. The molecule has 4 nitrogen and oxygen atoms in total. The summed E-state index contributed by atoms with van der Waals surface area (Å²) in [6, 6.07) is 7.98. The molecule has 0 saturated heterocycles. The SMILES string of the molecule is COC(=O)CC(O)CN(C)c1cccc(C)c1. The molecule has 1 aromatic rings. The normalized spacial score (nSPS) is 12.0. The van der Waals surface area contributed by atoms with E-state index in [-0.39, 0.29) is 6.42 Å². The van der Waals surface area contributed by atoms with Crippen LogP contribution in [-0.2, 0) is 9.53 Å². The maximum absolute atomic E-state index is 11.0. The number of rotatable bonds is 5. The number of hydrogen-bond acceptors (Lipinski definition) is 4. The summed E-state index contributed by atoms with van der Waals surface area (Å²) in [5.41, 5.74) is 2.19. The molecule has 0 aliphatic carbocycles. The number of likely N-dealkylation sites (N-methyl/N-ethyl adjacent to an activating group) is 1. The van der Waals surface area contributed by atoms with Crippen molar-refractivity contribution in [2.24, 2.45) is 0 Å². The first-order chi connectivity index (χ1) is 8.02. The molecule has 1 unspecified atom stereocenters. The van der Waals surface area contributed by atoms with Crippen LogP contribution < -0.4 is 4.90 Å². The van der Waals surface area contributed by atoms with E-state index in [1.807, 2.05) is 43.1 Å². The fraction of sp³-hybridized carbons (Fsp3) is 0.462. The highest BCUT2D eigenvalue weighted by molar-refractivity contribution is 5.69. The second-order valence-electron chi connectivity index (χ2n) is 4.15. The van der Waals surface area contributed by atoms with Crippen molar-refractivity contribution >= 4 is 11.7 Å². The smallest absolute Gasteiger partial charge is 0.308 e. The van der Waals surface area contributed by atoms with Crippen LogP contribution in [-0.4, -0.2) is 37.9 Å². The first-order valence-electron chi connectivity index (χ1n) is 5.55. The molecule has 1 N–H and O–H groups in total. The van der Waals surface area contributed by atoms with Crippen LogP contribution in [0.3, 0.4) is 0 Å². The summed E-state index contributed by atoms with van der Waals surface area (Å²) in [6.45, 7) is 2.42. The number of ether oxygens (including phenoxy) is 1. The van der Waals surface area contributed by atoms with Crippen LogP contribution >= 0.6 is 0 Å². The molecule has 4 heteroatoms. The number of aryl methyl sites for hydroxylation is 1. The number of esters is 1. The Labute approximate surface area is 102 Å². The molecular formula is C13H19NO3. The lowest BCUT2D eigenvalue weighted by Crippen LogP contribution is -2.30. The fourth-order valence-corrected chi connectivity index (χ4v) is 1.63. The van der Waals surface area contributed by atoms with Gasteiger partial charge >= 0.3 is 5.97 Å². The summed E-state index contributed by atoms with van der Waals surface area (Å²) < 4.78 is 4.51. The highest BCUT2D eigenvalue weighted by atomic mass is 16.5. The summed E-state index contributed by atoms with van der Waals surface area (Å²) in [6.07, 6.45) is -0.694. The predicted molar refractivity (Wildman–Crippen MR) is 67.1 cm³/mol. The maximum Gasteiger partial charge on any atom is 0.308 e. The minimum Gasteiger partial charge on any atom is -0.469 e. The van der Waals surface area contributed by atoms with Crippen LogP contribution in [0.5, 0.6) is 0 Å². The van der Waals surface area contributed by atoms with Gasteiger partial charge < -0.3 is 14.7 Å². The predicted octanol–water partition coefficient (Wildman–Crippen LogP) is 1.36. The molecule has 0 aliphatic heterocycles. The van der Waals surface area contributed by atoms with Crippen LogP contribution in [0, 0.1) is 6.92 Å². The van der Waals surface area contributed by atoms with Gasteiger partial charge in [0.25, 0.3) is 0 Å². The molecule has 94 valence electrons. The van der Waals surface area contributed by atoms with Crippen molar-refractivity contribution in [2.75, 3.05) is 25.6 Å². The first-order valence-corrected chi connectivity index (χ1v) is 5.55. The average molecular weight is 237 g/mol.